The van der Waals surface area contributed by atoms with Gasteiger partial charge in [-0.2, -0.15) is 0 Å². The predicted molar refractivity (Wildman–Crippen MR) is 81.7 cm³/mol. The fourth-order valence-electron chi connectivity index (χ4n) is 3.44. The highest BCUT2D eigenvalue weighted by molar-refractivity contribution is 5.86. The lowest BCUT2D eigenvalue weighted by Gasteiger charge is -2.13. The van der Waals surface area contributed by atoms with Gasteiger partial charge in [0.05, 0.1) is 0 Å². The number of rotatable bonds is 2. The Morgan fingerprint density at radius 3 is 2.74 bits per heavy atom. The van der Waals surface area contributed by atoms with Crippen LogP contribution < -0.4 is 5.32 Å². The number of benzene rings is 1. The van der Waals surface area contributed by atoms with Gasteiger partial charge in [-0.25, -0.2) is 0 Å². The van der Waals surface area contributed by atoms with Crippen molar-refractivity contribution in [1.82, 2.24) is 9.88 Å². The summed E-state index contributed by atoms with van der Waals surface area (Å²) in [6.07, 6.45) is 2.56. The number of aryl methyl sites for hydroxylation is 2. The second-order valence-electron chi connectivity index (χ2n) is 6.15. The van der Waals surface area contributed by atoms with Gasteiger partial charge in [-0.1, -0.05) is 19.9 Å². The molecule has 1 aromatic heterocycles. The molecule has 1 fully saturated rings. The molecule has 0 radical (unpaired) electrons. The van der Waals surface area contributed by atoms with E-state index in [1.54, 1.807) is 0 Å². The van der Waals surface area contributed by atoms with Gasteiger partial charge in [-0.3, -0.25) is 0 Å². The first kappa shape index (κ1) is 12.7. The summed E-state index contributed by atoms with van der Waals surface area (Å²) in [7, 11) is 2.21. The largest absolute Gasteiger partial charge is 0.346 e. The first-order valence-electron chi connectivity index (χ1n) is 7.41. The first-order valence-corrected chi connectivity index (χ1v) is 7.41. The smallest absolute Gasteiger partial charge is 0.0483 e. The van der Waals surface area contributed by atoms with Gasteiger partial charge < -0.3 is 9.88 Å². The molecule has 0 spiro atoms. The van der Waals surface area contributed by atoms with Gasteiger partial charge in [0.1, 0.15) is 0 Å². The van der Waals surface area contributed by atoms with Crippen molar-refractivity contribution in [1.29, 1.82) is 0 Å². The minimum atomic E-state index is 0.542. The summed E-state index contributed by atoms with van der Waals surface area (Å²) in [5.41, 5.74) is 5.74. The Bertz CT molecular complexity index is 601. The van der Waals surface area contributed by atoms with Gasteiger partial charge in [-0.15, -0.1) is 0 Å². The van der Waals surface area contributed by atoms with Crippen LogP contribution >= 0.6 is 0 Å². The highest BCUT2D eigenvalue weighted by Gasteiger charge is 2.23. The molecule has 0 bridgehead atoms. The zero-order valence-corrected chi connectivity index (χ0v) is 12.5. The van der Waals surface area contributed by atoms with Crippen LogP contribution in [0.4, 0.5) is 0 Å². The molecule has 1 aliphatic rings. The van der Waals surface area contributed by atoms with Gasteiger partial charge in [0.2, 0.25) is 0 Å². The van der Waals surface area contributed by atoms with Crippen molar-refractivity contribution in [3.63, 3.8) is 0 Å². The van der Waals surface area contributed by atoms with Crippen LogP contribution in [0.15, 0.2) is 18.2 Å². The molecular formula is C17H24N2. The summed E-state index contributed by atoms with van der Waals surface area (Å²) in [6.45, 7) is 7.96. The summed E-state index contributed by atoms with van der Waals surface area (Å²) in [6, 6.07) is 7.49. The van der Waals surface area contributed by atoms with E-state index in [2.05, 4.69) is 55.9 Å². The van der Waals surface area contributed by atoms with E-state index in [1.165, 1.54) is 40.6 Å². The SMILES string of the molecule is Cc1c(C2CCCN2)n(C)c2ccc(C(C)C)cc12. The molecule has 2 aromatic rings. The van der Waals surface area contributed by atoms with Crippen LogP contribution in [0, 0.1) is 6.92 Å². The molecule has 19 heavy (non-hydrogen) atoms. The quantitative estimate of drug-likeness (QED) is 0.858. The molecule has 1 aromatic carbocycles. The van der Waals surface area contributed by atoms with Crippen LogP contribution in [0.1, 0.15) is 55.5 Å². The van der Waals surface area contributed by atoms with E-state index in [9.17, 15) is 0 Å². The molecule has 0 amide bonds. The summed E-state index contributed by atoms with van der Waals surface area (Å²) in [5.74, 6) is 0.595. The minimum Gasteiger partial charge on any atom is -0.346 e. The minimum absolute atomic E-state index is 0.542. The predicted octanol–water partition coefficient (Wildman–Crippen LogP) is 4.03. The molecule has 3 rings (SSSR count). The summed E-state index contributed by atoms with van der Waals surface area (Å²) < 4.78 is 2.39. The maximum atomic E-state index is 3.63. The molecule has 1 N–H and O–H groups in total. The lowest BCUT2D eigenvalue weighted by atomic mass is 9.99. The Morgan fingerprint density at radius 2 is 2.11 bits per heavy atom. The Labute approximate surface area is 115 Å². The molecule has 2 nitrogen and oxygen atoms in total. The Kier molecular flexibility index (Phi) is 3.14. The normalized spacial score (nSPS) is 19.7. The van der Waals surface area contributed by atoms with Gasteiger partial charge in [0, 0.05) is 29.7 Å². The third-order valence-corrected chi connectivity index (χ3v) is 4.59. The molecular weight excluding hydrogens is 232 g/mol. The Hall–Kier alpha value is -1.28. The van der Waals surface area contributed by atoms with Gasteiger partial charge in [-0.05, 0) is 55.5 Å². The van der Waals surface area contributed by atoms with Crippen molar-refractivity contribution in [2.75, 3.05) is 6.54 Å². The van der Waals surface area contributed by atoms with Crippen LogP contribution in [0.2, 0.25) is 0 Å². The standard InChI is InChI=1S/C17H24N2/c1-11(2)13-7-8-16-14(10-13)12(3)17(19(16)4)15-6-5-9-18-15/h7-8,10-11,15,18H,5-6,9H2,1-4H3. The van der Waals surface area contributed by atoms with Crippen molar-refractivity contribution in [2.45, 2.75) is 45.6 Å². The fraction of sp³-hybridized carbons (Fsp3) is 0.529. The van der Waals surface area contributed by atoms with Crippen LogP contribution in [0.5, 0.6) is 0 Å². The van der Waals surface area contributed by atoms with Crippen molar-refractivity contribution >= 4 is 10.9 Å². The highest BCUT2D eigenvalue weighted by Crippen LogP contribution is 2.34. The number of nitrogens with one attached hydrogen (secondary N) is 1. The first-order chi connectivity index (χ1) is 9.09. The third-order valence-electron chi connectivity index (χ3n) is 4.59. The summed E-state index contributed by atoms with van der Waals surface area (Å²) in [5, 5.41) is 5.06. The summed E-state index contributed by atoms with van der Waals surface area (Å²) in [4.78, 5) is 0. The molecule has 2 heterocycles. The average molecular weight is 256 g/mol. The molecule has 0 aliphatic carbocycles. The number of hydrogen-bond acceptors (Lipinski definition) is 1. The van der Waals surface area contributed by atoms with E-state index in [0.29, 0.717) is 12.0 Å². The Balaban J connectivity index is 2.18. The number of hydrogen-bond donors (Lipinski definition) is 1. The lowest BCUT2D eigenvalue weighted by molar-refractivity contribution is 0.600. The third kappa shape index (κ3) is 1.99. The number of fused-ring (bicyclic) bond motifs is 1. The van der Waals surface area contributed by atoms with Crippen molar-refractivity contribution in [2.24, 2.45) is 7.05 Å². The van der Waals surface area contributed by atoms with Gasteiger partial charge in [0.15, 0.2) is 0 Å². The molecule has 2 heteroatoms. The number of aromatic nitrogens is 1. The topological polar surface area (TPSA) is 17.0 Å². The second kappa shape index (κ2) is 4.68. The van der Waals surface area contributed by atoms with E-state index in [1.807, 2.05) is 0 Å². The maximum absolute atomic E-state index is 3.63. The van der Waals surface area contributed by atoms with Crippen molar-refractivity contribution < 1.29 is 0 Å². The second-order valence-corrected chi connectivity index (χ2v) is 6.15. The van der Waals surface area contributed by atoms with Crippen LogP contribution in [0.25, 0.3) is 10.9 Å². The molecule has 102 valence electrons. The zero-order chi connectivity index (χ0) is 13.6. The van der Waals surface area contributed by atoms with E-state index in [4.69, 9.17) is 0 Å². The van der Waals surface area contributed by atoms with E-state index >= 15 is 0 Å². The van der Waals surface area contributed by atoms with Crippen LogP contribution in [0.3, 0.4) is 0 Å². The van der Waals surface area contributed by atoms with Crippen molar-refractivity contribution in [3.05, 3.63) is 35.0 Å². The van der Waals surface area contributed by atoms with Gasteiger partial charge >= 0.3 is 0 Å². The van der Waals surface area contributed by atoms with Crippen LogP contribution in [-0.2, 0) is 7.05 Å². The van der Waals surface area contributed by atoms with E-state index in [-0.39, 0.29) is 0 Å². The monoisotopic (exact) mass is 256 g/mol. The summed E-state index contributed by atoms with van der Waals surface area (Å²) >= 11 is 0. The molecule has 1 aliphatic heterocycles. The maximum Gasteiger partial charge on any atom is 0.0483 e. The molecule has 1 unspecified atom stereocenters. The Morgan fingerprint density at radius 1 is 1.32 bits per heavy atom. The average Bonchev–Trinajstić information content (AvgIpc) is 2.98. The number of nitrogens with zero attached hydrogens (tertiary/aromatic N) is 1. The van der Waals surface area contributed by atoms with Gasteiger partial charge in [0.25, 0.3) is 0 Å². The van der Waals surface area contributed by atoms with Crippen LogP contribution in [-0.4, -0.2) is 11.1 Å². The fourth-order valence-corrected chi connectivity index (χ4v) is 3.44. The lowest BCUT2D eigenvalue weighted by Crippen LogP contribution is -2.16. The molecule has 1 saturated heterocycles. The zero-order valence-electron chi connectivity index (χ0n) is 12.5. The van der Waals surface area contributed by atoms with Crippen molar-refractivity contribution in [3.8, 4) is 0 Å². The highest BCUT2D eigenvalue weighted by atomic mass is 15.0. The van der Waals surface area contributed by atoms with E-state index in [0.717, 1.165) is 6.54 Å². The molecule has 1 atom stereocenters. The van der Waals surface area contributed by atoms with E-state index < -0.39 is 0 Å². The molecule has 0 saturated carbocycles.